The third-order valence-corrected chi connectivity index (χ3v) is 2.72. The number of phenols is 1. The second-order valence-electron chi connectivity index (χ2n) is 5.71. The average molecular weight is 248 g/mol. The fourth-order valence-electron chi connectivity index (χ4n) is 1.96. The maximum absolute atomic E-state index is 14.0. The highest BCUT2D eigenvalue weighted by Gasteiger charge is 2.17. The molecule has 2 aromatic rings. The Morgan fingerprint density at radius 3 is 2.56 bits per heavy atom. The summed E-state index contributed by atoms with van der Waals surface area (Å²) >= 11 is 0. The molecule has 0 bridgehead atoms. The van der Waals surface area contributed by atoms with Gasteiger partial charge in [0.05, 0.1) is 12.5 Å². The number of benzene rings is 1. The summed E-state index contributed by atoms with van der Waals surface area (Å²) in [6.45, 7) is 6.11. The summed E-state index contributed by atoms with van der Waals surface area (Å²) in [6.07, 6.45) is 3.56. The Labute approximate surface area is 106 Å². The predicted octanol–water partition coefficient (Wildman–Crippen LogP) is 4.38. The van der Waals surface area contributed by atoms with E-state index in [4.69, 9.17) is 4.42 Å². The molecule has 0 spiro atoms. The Bertz CT molecular complexity index is 536. The van der Waals surface area contributed by atoms with Crippen LogP contribution in [-0.2, 0) is 6.42 Å². The Hall–Kier alpha value is -1.77. The molecule has 0 amide bonds. The molecule has 0 aliphatic rings. The molecular formula is C15H17FO2. The number of hydrogen-bond donors (Lipinski definition) is 1. The highest BCUT2D eigenvalue weighted by molar-refractivity contribution is 5.69. The van der Waals surface area contributed by atoms with Crippen molar-refractivity contribution in [1.82, 2.24) is 0 Å². The molecule has 3 heteroatoms. The smallest absolute Gasteiger partial charge is 0.127 e. The summed E-state index contributed by atoms with van der Waals surface area (Å²) in [7, 11) is 0. The van der Waals surface area contributed by atoms with Crippen molar-refractivity contribution in [2.75, 3.05) is 0 Å². The maximum Gasteiger partial charge on any atom is 0.127 e. The van der Waals surface area contributed by atoms with E-state index in [0.717, 1.165) is 0 Å². The lowest BCUT2D eigenvalue weighted by molar-refractivity contribution is 0.399. The third-order valence-electron chi connectivity index (χ3n) is 2.72. The minimum absolute atomic E-state index is 0.0234. The van der Waals surface area contributed by atoms with Crippen molar-refractivity contribution in [1.29, 1.82) is 0 Å². The summed E-state index contributed by atoms with van der Waals surface area (Å²) in [5.74, 6) is -0.212. The normalized spacial score (nSPS) is 11.8. The summed E-state index contributed by atoms with van der Waals surface area (Å²) in [5.41, 5.74) is 1.64. The first kappa shape index (κ1) is 12.7. The minimum atomic E-state index is -0.293. The Morgan fingerprint density at radius 2 is 2.00 bits per heavy atom. The van der Waals surface area contributed by atoms with E-state index >= 15 is 0 Å². The molecule has 1 aromatic heterocycles. The van der Waals surface area contributed by atoms with Crippen LogP contribution in [0.4, 0.5) is 4.39 Å². The summed E-state index contributed by atoms with van der Waals surface area (Å²) in [6, 6.07) is 4.56. The molecule has 1 N–H and O–H groups in total. The van der Waals surface area contributed by atoms with Crippen LogP contribution in [0.5, 0.6) is 5.75 Å². The zero-order valence-corrected chi connectivity index (χ0v) is 10.8. The molecule has 0 fully saturated rings. The molecule has 0 aliphatic carbocycles. The van der Waals surface area contributed by atoms with Gasteiger partial charge in [-0.3, -0.25) is 0 Å². The number of aromatic hydroxyl groups is 1. The number of hydrogen-bond acceptors (Lipinski definition) is 2. The lowest BCUT2D eigenvalue weighted by atomic mass is 9.87. The molecule has 0 atom stereocenters. The topological polar surface area (TPSA) is 33.4 Å². The van der Waals surface area contributed by atoms with Crippen LogP contribution in [0.2, 0.25) is 0 Å². The van der Waals surface area contributed by atoms with Crippen molar-refractivity contribution in [3.8, 4) is 16.9 Å². The van der Waals surface area contributed by atoms with E-state index in [0.29, 0.717) is 23.1 Å². The lowest BCUT2D eigenvalue weighted by Gasteiger charge is -2.19. The Kier molecular flexibility index (Phi) is 3.16. The SMILES string of the molecule is CC(C)(C)Cc1cc(O)c(-c2ccoc2)cc1F. The van der Waals surface area contributed by atoms with Crippen LogP contribution in [0.3, 0.4) is 0 Å². The van der Waals surface area contributed by atoms with E-state index in [1.54, 1.807) is 6.07 Å². The van der Waals surface area contributed by atoms with E-state index in [1.807, 2.05) is 20.8 Å². The monoisotopic (exact) mass is 248 g/mol. The highest BCUT2D eigenvalue weighted by Crippen LogP contribution is 2.33. The van der Waals surface area contributed by atoms with Gasteiger partial charge in [0.2, 0.25) is 0 Å². The van der Waals surface area contributed by atoms with E-state index in [2.05, 4.69) is 0 Å². The van der Waals surface area contributed by atoms with E-state index in [9.17, 15) is 9.50 Å². The number of halogens is 1. The Balaban J connectivity index is 2.41. The van der Waals surface area contributed by atoms with Gasteiger partial charge in [0.1, 0.15) is 11.6 Å². The van der Waals surface area contributed by atoms with Gasteiger partial charge in [-0.05, 0) is 35.6 Å². The molecule has 0 saturated carbocycles. The van der Waals surface area contributed by atoms with Gasteiger partial charge in [0.25, 0.3) is 0 Å². The van der Waals surface area contributed by atoms with Gasteiger partial charge in [-0.1, -0.05) is 20.8 Å². The minimum Gasteiger partial charge on any atom is -0.507 e. The zero-order chi connectivity index (χ0) is 13.3. The number of rotatable bonds is 2. The molecule has 0 unspecified atom stereocenters. The first-order valence-electron chi connectivity index (χ1n) is 5.91. The standard InChI is InChI=1S/C15H17FO2/c1-15(2,3)8-11-6-14(17)12(7-13(11)16)10-4-5-18-9-10/h4-7,9,17H,8H2,1-3H3. The number of furan rings is 1. The first-order valence-corrected chi connectivity index (χ1v) is 5.91. The largest absolute Gasteiger partial charge is 0.507 e. The van der Waals surface area contributed by atoms with Gasteiger partial charge in [-0.15, -0.1) is 0 Å². The van der Waals surface area contributed by atoms with Crippen LogP contribution in [0, 0.1) is 11.2 Å². The fourth-order valence-corrected chi connectivity index (χ4v) is 1.96. The van der Waals surface area contributed by atoms with Crippen LogP contribution in [-0.4, -0.2) is 5.11 Å². The number of phenolic OH excluding ortho intramolecular Hbond substituents is 1. The maximum atomic E-state index is 14.0. The molecule has 18 heavy (non-hydrogen) atoms. The summed E-state index contributed by atoms with van der Waals surface area (Å²) in [5, 5.41) is 9.98. The zero-order valence-electron chi connectivity index (χ0n) is 10.8. The van der Waals surface area contributed by atoms with E-state index in [-0.39, 0.29) is 17.0 Å². The second kappa shape index (κ2) is 4.48. The second-order valence-corrected chi connectivity index (χ2v) is 5.71. The van der Waals surface area contributed by atoms with Crippen LogP contribution >= 0.6 is 0 Å². The van der Waals surface area contributed by atoms with Gasteiger partial charge < -0.3 is 9.52 Å². The fraction of sp³-hybridized carbons (Fsp3) is 0.333. The molecule has 0 aliphatic heterocycles. The van der Waals surface area contributed by atoms with Crippen LogP contribution < -0.4 is 0 Å². The van der Waals surface area contributed by atoms with Crippen LogP contribution in [0.15, 0.2) is 35.1 Å². The van der Waals surface area contributed by atoms with E-state index < -0.39 is 0 Å². The lowest BCUT2D eigenvalue weighted by Crippen LogP contribution is -2.10. The van der Waals surface area contributed by atoms with Crippen LogP contribution in [0.1, 0.15) is 26.3 Å². The summed E-state index contributed by atoms with van der Waals surface area (Å²) in [4.78, 5) is 0. The van der Waals surface area contributed by atoms with Crippen molar-refractivity contribution in [3.63, 3.8) is 0 Å². The van der Waals surface area contributed by atoms with Crippen molar-refractivity contribution in [2.24, 2.45) is 5.41 Å². The predicted molar refractivity (Wildman–Crippen MR) is 68.9 cm³/mol. The van der Waals surface area contributed by atoms with Crippen molar-refractivity contribution >= 4 is 0 Å². The van der Waals surface area contributed by atoms with Crippen molar-refractivity contribution in [3.05, 3.63) is 42.1 Å². The molecule has 2 rings (SSSR count). The molecule has 0 radical (unpaired) electrons. The molecule has 1 aromatic carbocycles. The average Bonchev–Trinajstić information content (AvgIpc) is 2.74. The van der Waals surface area contributed by atoms with Gasteiger partial charge in [0, 0.05) is 11.1 Å². The molecule has 2 nitrogen and oxygen atoms in total. The van der Waals surface area contributed by atoms with Crippen molar-refractivity contribution < 1.29 is 13.9 Å². The molecule has 0 saturated heterocycles. The van der Waals surface area contributed by atoms with Crippen molar-refractivity contribution in [2.45, 2.75) is 27.2 Å². The van der Waals surface area contributed by atoms with Gasteiger partial charge >= 0.3 is 0 Å². The Morgan fingerprint density at radius 1 is 1.28 bits per heavy atom. The summed E-state index contributed by atoms with van der Waals surface area (Å²) < 4.78 is 19.0. The highest BCUT2D eigenvalue weighted by atomic mass is 19.1. The third kappa shape index (κ3) is 2.73. The molecular weight excluding hydrogens is 231 g/mol. The van der Waals surface area contributed by atoms with Gasteiger partial charge in [-0.2, -0.15) is 0 Å². The quantitative estimate of drug-likeness (QED) is 0.855. The van der Waals surface area contributed by atoms with Crippen LogP contribution in [0.25, 0.3) is 11.1 Å². The molecule has 1 heterocycles. The van der Waals surface area contributed by atoms with E-state index in [1.165, 1.54) is 24.7 Å². The first-order chi connectivity index (χ1) is 8.37. The molecule has 96 valence electrons. The van der Waals surface area contributed by atoms with Gasteiger partial charge in [-0.25, -0.2) is 4.39 Å². The van der Waals surface area contributed by atoms with Gasteiger partial charge in [0.15, 0.2) is 0 Å².